The van der Waals surface area contributed by atoms with Gasteiger partial charge in [0.15, 0.2) is 11.3 Å². The first-order chi connectivity index (χ1) is 12.8. The second-order valence-electron chi connectivity index (χ2n) is 6.30. The van der Waals surface area contributed by atoms with E-state index < -0.39 is 11.8 Å². The molecule has 0 amide bonds. The van der Waals surface area contributed by atoms with Crippen LogP contribution in [0.5, 0.6) is 0 Å². The predicted molar refractivity (Wildman–Crippen MR) is 108 cm³/mol. The molecule has 0 aliphatic heterocycles. The zero-order chi connectivity index (χ0) is 19.6. The van der Waals surface area contributed by atoms with Crippen LogP contribution in [0.4, 0.5) is 14.5 Å². The first-order valence-corrected chi connectivity index (χ1v) is 10.5. The molecule has 0 saturated heterocycles. The lowest BCUT2D eigenvalue weighted by Crippen LogP contribution is -2.29. The molecule has 1 saturated carbocycles. The summed E-state index contributed by atoms with van der Waals surface area (Å²) in [7, 11) is 0. The smallest absolute Gasteiger partial charge is 0.252 e. The highest BCUT2D eigenvalue weighted by atomic mass is 35.5. The van der Waals surface area contributed by atoms with Crippen LogP contribution in [0, 0.1) is 11.1 Å². The molecule has 2 aromatic rings. The van der Waals surface area contributed by atoms with Crippen LogP contribution >= 0.6 is 35.6 Å². The van der Waals surface area contributed by atoms with E-state index in [2.05, 4.69) is 5.10 Å². The molecule has 1 unspecified atom stereocenters. The Morgan fingerprint density at radius 1 is 1.59 bits per heavy atom. The number of pyridine rings is 1. The number of nitrogens with zero attached hydrogens (tertiary/aromatic N) is 4. The van der Waals surface area contributed by atoms with Crippen molar-refractivity contribution in [3.63, 3.8) is 0 Å². The molecule has 5 nitrogen and oxygen atoms in total. The van der Waals surface area contributed by atoms with Crippen LogP contribution in [0.25, 0.3) is 5.69 Å². The highest BCUT2D eigenvalue weighted by molar-refractivity contribution is 7.99. The van der Waals surface area contributed by atoms with Crippen molar-refractivity contribution >= 4 is 46.3 Å². The van der Waals surface area contributed by atoms with E-state index in [1.165, 1.54) is 28.8 Å². The summed E-state index contributed by atoms with van der Waals surface area (Å²) in [4.78, 5) is 2.56. The van der Waals surface area contributed by atoms with Gasteiger partial charge >= 0.3 is 0 Å². The van der Waals surface area contributed by atoms with E-state index in [9.17, 15) is 14.0 Å². The number of anilines is 1. The fraction of sp³-hybridized carbons (Fsp3) is 0.471. The van der Waals surface area contributed by atoms with E-state index in [0.29, 0.717) is 45.6 Å². The van der Waals surface area contributed by atoms with Gasteiger partial charge in [0.05, 0.1) is 16.9 Å². The Kier molecular flexibility index (Phi) is 6.22. The van der Waals surface area contributed by atoms with Crippen LogP contribution in [0.1, 0.15) is 19.8 Å². The zero-order valence-electron chi connectivity index (χ0n) is 14.6. The average Bonchev–Trinajstić information content (AvgIpc) is 3.04. The number of hydrogen-bond donors (Lipinski definition) is 0. The van der Waals surface area contributed by atoms with Gasteiger partial charge in [-0.05, 0) is 18.7 Å². The third kappa shape index (κ3) is 4.89. The third-order valence-electron chi connectivity index (χ3n) is 4.32. The van der Waals surface area contributed by atoms with Crippen LogP contribution < -0.4 is 9.63 Å². The van der Waals surface area contributed by atoms with Crippen molar-refractivity contribution in [2.24, 2.45) is 5.92 Å². The predicted octanol–water partition coefficient (Wildman–Crippen LogP) is 4.09. The van der Waals surface area contributed by atoms with Gasteiger partial charge in [-0.3, -0.25) is 0 Å². The monoisotopic (exact) mass is 432 g/mol. The lowest BCUT2D eigenvalue weighted by atomic mass is 10.3. The number of hydrogen-bond acceptors (Lipinski definition) is 4. The van der Waals surface area contributed by atoms with Crippen molar-refractivity contribution in [3.8, 4) is 5.69 Å². The van der Waals surface area contributed by atoms with Gasteiger partial charge in [0.25, 0.3) is 5.92 Å². The van der Waals surface area contributed by atoms with Gasteiger partial charge < -0.3 is 10.1 Å². The Balaban J connectivity index is 1.61. The minimum Gasteiger partial charge on any atom is -0.619 e. The molecule has 0 aromatic carbocycles. The van der Waals surface area contributed by atoms with E-state index in [-0.39, 0.29) is 11.6 Å². The topological polar surface area (TPSA) is 48.0 Å². The van der Waals surface area contributed by atoms with Crippen LogP contribution in [0.15, 0.2) is 30.7 Å². The second-order valence-corrected chi connectivity index (χ2v) is 8.28. The minimum absolute atomic E-state index is 0.00314. The summed E-state index contributed by atoms with van der Waals surface area (Å²) in [5.41, 5.74) is 1.24. The van der Waals surface area contributed by atoms with Gasteiger partial charge in [-0.2, -0.15) is 21.6 Å². The summed E-state index contributed by atoms with van der Waals surface area (Å²) in [5, 5.41) is 16.0. The molecule has 2 heterocycles. The molecule has 1 fully saturated rings. The first kappa shape index (κ1) is 20.3. The van der Waals surface area contributed by atoms with Crippen LogP contribution in [-0.4, -0.2) is 38.7 Å². The normalized spacial score (nSPS) is 17.7. The Labute approximate surface area is 170 Å². The maximum absolute atomic E-state index is 12.9. The molecule has 27 heavy (non-hydrogen) atoms. The molecule has 1 aliphatic rings. The second kappa shape index (κ2) is 8.28. The first-order valence-electron chi connectivity index (χ1n) is 8.52. The molecule has 3 rings (SSSR count). The Bertz CT molecular complexity index is 833. The fourth-order valence-electron chi connectivity index (χ4n) is 2.69. The van der Waals surface area contributed by atoms with Crippen LogP contribution in [-0.2, 0) is 0 Å². The highest BCUT2D eigenvalue weighted by Gasteiger charge is 2.56. The van der Waals surface area contributed by atoms with Gasteiger partial charge in [-0.1, -0.05) is 23.8 Å². The maximum atomic E-state index is 12.9. The molecule has 1 atom stereocenters. The van der Waals surface area contributed by atoms with E-state index in [1.807, 2.05) is 11.8 Å². The highest BCUT2D eigenvalue weighted by Crippen LogP contribution is 2.50. The number of rotatable bonds is 8. The number of aromatic nitrogens is 3. The van der Waals surface area contributed by atoms with Gasteiger partial charge in [0.1, 0.15) is 5.69 Å². The number of thiocarbonyl (C=S) groups is 1. The van der Waals surface area contributed by atoms with Gasteiger partial charge in [0, 0.05) is 37.1 Å². The summed E-state index contributed by atoms with van der Waals surface area (Å²) in [6.45, 7) is 2.55. The van der Waals surface area contributed by atoms with Crippen molar-refractivity contribution in [1.29, 1.82) is 0 Å². The summed E-state index contributed by atoms with van der Waals surface area (Å²) >= 11 is 13.3. The molecule has 1 aliphatic carbocycles. The number of halogens is 3. The van der Waals surface area contributed by atoms with Crippen LogP contribution in [0.3, 0.4) is 0 Å². The molecule has 2 aromatic heterocycles. The standard InChI is InChI=1S/C17H19ClF2N4OS2/c1-2-23(15(26)5-7-27-11-12-8-17(12,19)20)14-10-24(21-16(14)18)13-4-3-6-22(25)9-13/h3-4,6,9-10,12H,2,5,7-8,11H2,1H3. The van der Waals surface area contributed by atoms with Crippen molar-refractivity contribution in [1.82, 2.24) is 9.78 Å². The third-order valence-corrected chi connectivity index (χ3v) is 6.14. The van der Waals surface area contributed by atoms with Crippen molar-refractivity contribution in [2.75, 3.05) is 23.0 Å². The van der Waals surface area contributed by atoms with Gasteiger partial charge in [-0.15, -0.1) is 0 Å². The largest absolute Gasteiger partial charge is 0.619 e. The van der Waals surface area contributed by atoms with Gasteiger partial charge in [0.2, 0.25) is 6.20 Å². The number of thioether (sulfide) groups is 1. The summed E-state index contributed by atoms with van der Waals surface area (Å²) in [5.74, 6) is -1.81. The summed E-state index contributed by atoms with van der Waals surface area (Å²) < 4.78 is 28.0. The molecule has 0 radical (unpaired) electrons. The van der Waals surface area contributed by atoms with E-state index >= 15 is 0 Å². The van der Waals surface area contributed by atoms with Gasteiger partial charge in [-0.25, -0.2) is 13.5 Å². The average molecular weight is 433 g/mol. The van der Waals surface area contributed by atoms with Crippen molar-refractivity contribution in [2.45, 2.75) is 25.7 Å². The quantitative estimate of drug-likeness (QED) is 0.272. The molecule has 146 valence electrons. The lowest BCUT2D eigenvalue weighted by Gasteiger charge is -2.22. The molecular formula is C17H19ClF2N4OS2. The van der Waals surface area contributed by atoms with Crippen LogP contribution in [0.2, 0.25) is 5.15 Å². The van der Waals surface area contributed by atoms with E-state index in [4.69, 9.17) is 23.8 Å². The van der Waals surface area contributed by atoms with E-state index in [1.54, 1.807) is 18.3 Å². The molecule has 0 bridgehead atoms. The Hall–Kier alpha value is -1.45. The molecule has 0 N–H and O–H groups in total. The summed E-state index contributed by atoms with van der Waals surface area (Å²) in [6.07, 6.45) is 5.11. The zero-order valence-corrected chi connectivity index (χ0v) is 17.0. The molecule has 0 spiro atoms. The van der Waals surface area contributed by atoms with Crippen molar-refractivity contribution < 1.29 is 13.5 Å². The summed E-state index contributed by atoms with van der Waals surface area (Å²) in [6, 6.07) is 3.38. The molecule has 10 heteroatoms. The minimum atomic E-state index is -2.47. The maximum Gasteiger partial charge on any atom is 0.252 e. The number of alkyl halides is 2. The van der Waals surface area contributed by atoms with Crippen molar-refractivity contribution in [3.05, 3.63) is 41.1 Å². The van der Waals surface area contributed by atoms with E-state index in [0.717, 1.165) is 0 Å². The Morgan fingerprint density at radius 2 is 2.33 bits per heavy atom. The molecular weight excluding hydrogens is 414 g/mol. The SMILES string of the molecule is CCN(C(=S)CCSCC1CC1(F)F)c1cn(-c2ccc[n+]([O-])c2)nc1Cl. The Morgan fingerprint density at radius 3 is 2.96 bits per heavy atom. The fourth-order valence-corrected chi connectivity index (χ4v) is 4.53. The lowest BCUT2D eigenvalue weighted by molar-refractivity contribution is -0.605.